The maximum Gasteiger partial charge on any atom is 0.324 e. The van der Waals surface area contributed by atoms with Crippen LogP contribution in [0.15, 0.2) is 10.4 Å². The molecule has 3 rings (SSSR count). The van der Waals surface area contributed by atoms with Crippen molar-refractivity contribution in [2.24, 2.45) is 5.92 Å². The van der Waals surface area contributed by atoms with Gasteiger partial charge in [0, 0.05) is 31.6 Å². The molecule has 29 heavy (non-hydrogen) atoms. The van der Waals surface area contributed by atoms with Crippen LogP contribution in [0.3, 0.4) is 0 Å². The first-order chi connectivity index (χ1) is 14.1. The van der Waals surface area contributed by atoms with Crippen LogP contribution in [0.25, 0.3) is 0 Å². The summed E-state index contributed by atoms with van der Waals surface area (Å²) in [6.07, 6.45) is 10.7. The van der Waals surface area contributed by atoms with Crippen LogP contribution in [-0.4, -0.2) is 58.5 Å². The summed E-state index contributed by atoms with van der Waals surface area (Å²) in [5.74, 6) is 0.307. The van der Waals surface area contributed by atoms with Gasteiger partial charge in [0.25, 0.3) is 0 Å². The molecule has 0 radical (unpaired) electrons. The van der Waals surface area contributed by atoms with Crippen LogP contribution < -0.4 is 5.32 Å². The fourth-order valence-electron chi connectivity index (χ4n) is 4.42. The number of nitrogens with zero attached hydrogens (tertiary/aromatic N) is 2. The Morgan fingerprint density at radius 1 is 1.24 bits per heavy atom. The zero-order valence-electron chi connectivity index (χ0n) is 17.0. The molecule has 0 bridgehead atoms. The summed E-state index contributed by atoms with van der Waals surface area (Å²) in [5, 5.41) is 12.4. The van der Waals surface area contributed by atoms with E-state index in [1.165, 1.54) is 35.9 Å². The third-order valence-corrected chi connectivity index (χ3v) is 7.93. The van der Waals surface area contributed by atoms with Crippen LogP contribution in [-0.2, 0) is 9.53 Å². The Bertz CT molecular complexity index is 670. The molecule has 2 fully saturated rings. The van der Waals surface area contributed by atoms with Crippen LogP contribution in [0.2, 0.25) is 0 Å². The highest BCUT2D eigenvalue weighted by atomic mass is 32.2. The van der Waals surface area contributed by atoms with Crippen LogP contribution in [0.5, 0.6) is 0 Å². The zero-order chi connectivity index (χ0) is 20.6. The van der Waals surface area contributed by atoms with Gasteiger partial charge in [0.05, 0.1) is 16.8 Å². The number of hydrogen-bond donors (Lipinski definition) is 2. The van der Waals surface area contributed by atoms with Crippen molar-refractivity contribution >= 4 is 40.2 Å². The number of amides is 2. The van der Waals surface area contributed by atoms with E-state index in [4.69, 9.17) is 9.84 Å². The first-order valence-corrected chi connectivity index (χ1v) is 12.3. The van der Waals surface area contributed by atoms with Crippen LogP contribution >= 0.6 is 23.1 Å². The largest absolute Gasteiger partial charge is 0.481 e. The lowest BCUT2D eigenvalue weighted by molar-refractivity contribution is -0.136. The molecule has 1 heterocycles. The number of urea groups is 1. The van der Waals surface area contributed by atoms with Crippen molar-refractivity contribution in [1.29, 1.82) is 0 Å². The highest BCUT2D eigenvalue weighted by molar-refractivity contribution is 8.01. The SMILES string of the molecule is COC[C@H]1CC[C@H](N(C(=O)Nc2ncc(SCCC(=O)O)s2)C2CCCC2)CC1. The molecule has 1 aromatic heterocycles. The number of aliphatic carboxylic acids is 1. The van der Waals surface area contributed by atoms with Gasteiger partial charge < -0.3 is 14.7 Å². The van der Waals surface area contributed by atoms with Gasteiger partial charge in [0.1, 0.15) is 0 Å². The van der Waals surface area contributed by atoms with Crippen LogP contribution in [0, 0.1) is 5.92 Å². The molecule has 2 amide bonds. The summed E-state index contributed by atoms with van der Waals surface area (Å²) in [5.41, 5.74) is 0. The second-order valence-electron chi connectivity index (χ2n) is 7.88. The molecule has 0 unspecified atom stereocenters. The standard InChI is InChI=1S/C20H31N3O4S2/c1-27-13-14-6-8-16(9-7-14)23(15-4-2-3-5-15)20(26)22-19-21-12-18(29-19)28-11-10-17(24)25/h12,14-16H,2-11,13H2,1H3,(H,24,25)(H,21,22,26)/t14-,16-. The van der Waals surface area contributed by atoms with Crippen molar-refractivity contribution in [3.8, 4) is 0 Å². The lowest BCUT2D eigenvalue weighted by atomic mass is 9.85. The molecular formula is C20H31N3O4S2. The fourth-order valence-corrected chi connectivity index (χ4v) is 6.28. The Morgan fingerprint density at radius 3 is 2.59 bits per heavy atom. The number of nitrogens with one attached hydrogen (secondary N) is 1. The summed E-state index contributed by atoms with van der Waals surface area (Å²) < 4.78 is 6.24. The monoisotopic (exact) mass is 441 g/mol. The number of thioether (sulfide) groups is 1. The van der Waals surface area contributed by atoms with Crippen LogP contribution in [0.4, 0.5) is 9.93 Å². The summed E-state index contributed by atoms with van der Waals surface area (Å²) in [7, 11) is 1.76. The van der Waals surface area contributed by atoms with Crippen molar-refractivity contribution in [1.82, 2.24) is 9.88 Å². The summed E-state index contributed by atoms with van der Waals surface area (Å²) >= 11 is 2.87. The van der Waals surface area contributed by atoms with Crippen molar-refractivity contribution in [2.45, 2.75) is 74.1 Å². The molecule has 2 aliphatic rings. The normalized spacial score (nSPS) is 22.5. The van der Waals surface area contributed by atoms with Crippen molar-refractivity contribution in [3.05, 3.63) is 6.20 Å². The molecule has 0 saturated heterocycles. The van der Waals surface area contributed by atoms with E-state index in [0.29, 0.717) is 22.8 Å². The number of methoxy groups -OCH3 is 1. The molecule has 2 saturated carbocycles. The first kappa shape index (κ1) is 22.4. The van der Waals surface area contributed by atoms with Crippen molar-refractivity contribution in [2.75, 3.05) is 24.8 Å². The van der Waals surface area contributed by atoms with E-state index in [9.17, 15) is 9.59 Å². The fraction of sp³-hybridized carbons (Fsp3) is 0.750. The van der Waals surface area contributed by atoms with E-state index in [1.54, 1.807) is 13.3 Å². The van der Waals surface area contributed by atoms with E-state index in [1.807, 2.05) is 0 Å². The van der Waals surface area contributed by atoms with E-state index in [2.05, 4.69) is 15.2 Å². The van der Waals surface area contributed by atoms with Gasteiger partial charge in [-0.25, -0.2) is 9.78 Å². The van der Waals surface area contributed by atoms with Crippen LogP contribution in [0.1, 0.15) is 57.8 Å². The number of carbonyl (C=O) groups is 2. The Balaban J connectivity index is 1.59. The summed E-state index contributed by atoms with van der Waals surface area (Å²) in [6.45, 7) is 0.809. The number of carboxylic acids is 1. The Kier molecular flexibility index (Phi) is 8.62. The number of hydrogen-bond acceptors (Lipinski definition) is 6. The average molecular weight is 442 g/mol. The second-order valence-corrected chi connectivity index (χ2v) is 10.3. The van der Waals surface area contributed by atoms with E-state index < -0.39 is 5.97 Å². The van der Waals surface area contributed by atoms with E-state index in [0.717, 1.165) is 49.3 Å². The number of anilines is 1. The predicted octanol–water partition coefficient (Wildman–Crippen LogP) is 4.69. The van der Waals surface area contributed by atoms with Gasteiger partial charge in [0.2, 0.25) is 0 Å². The molecule has 2 N–H and O–H groups in total. The number of carbonyl (C=O) groups excluding carboxylic acids is 1. The molecule has 9 heteroatoms. The quantitative estimate of drug-likeness (QED) is 0.540. The minimum absolute atomic E-state index is 0.0384. The number of aromatic nitrogens is 1. The van der Waals surface area contributed by atoms with Gasteiger partial charge in [-0.2, -0.15) is 0 Å². The molecule has 0 atom stereocenters. The van der Waals surface area contributed by atoms with Crippen molar-refractivity contribution < 1.29 is 19.4 Å². The van der Waals surface area contributed by atoms with Gasteiger partial charge in [-0.3, -0.25) is 10.1 Å². The molecule has 0 aromatic carbocycles. The molecule has 2 aliphatic carbocycles. The minimum Gasteiger partial charge on any atom is -0.481 e. The first-order valence-electron chi connectivity index (χ1n) is 10.5. The molecule has 0 spiro atoms. The van der Waals surface area contributed by atoms with Gasteiger partial charge in [0.15, 0.2) is 5.13 Å². The zero-order valence-corrected chi connectivity index (χ0v) is 18.6. The highest BCUT2D eigenvalue weighted by Crippen LogP contribution is 2.34. The molecule has 7 nitrogen and oxygen atoms in total. The van der Waals surface area contributed by atoms with Gasteiger partial charge in [-0.15, -0.1) is 11.8 Å². The number of thiazole rings is 1. The number of carboxylic acid groups (broad SMARTS) is 1. The molecule has 0 aliphatic heterocycles. The maximum absolute atomic E-state index is 13.2. The van der Waals surface area contributed by atoms with Gasteiger partial charge in [-0.05, 0) is 44.4 Å². The Labute approximate surface area is 180 Å². The topological polar surface area (TPSA) is 91.8 Å². The van der Waals surface area contributed by atoms with E-state index >= 15 is 0 Å². The van der Waals surface area contributed by atoms with Gasteiger partial charge >= 0.3 is 12.0 Å². The third-order valence-electron chi connectivity index (χ3n) is 5.82. The molecule has 1 aromatic rings. The number of ether oxygens (including phenoxy) is 1. The lowest BCUT2D eigenvalue weighted by Gasteiger charge is -2.40. The predicted molar refractivity (Wildman–Crippen MR) is 116 cm³/mol. The maximum atomic E-state index is 13.2. The summed E-state index contributed by atoms with van der Waals surface area (Å²) in [6, 6.07) is 0.572. The smallest absolute Gasteiger partial charge is 0.324 e. The number of rotatable bonds is 9. The third kappa shape index (κ3) is 6.58. The summed E-state index contributed by atoms with van der Waals surface area (Å²) in [4.78, 5) is 30.3. The second kappa shape index (κ2) is 11.2. The van der Waals surface area contributed by atoms with Crippen molar-refractivity contribution in [3.63, 3.8) is 0 Å². The molecule has 162 valence electrons. The average Bonchev–Trinajstić information content (AvgIpc) is 3.36. The Morgan fingerprint density at radius 2 is 1.93 bits per heavy atom. The Hall–Kier alpha value is -1.32. The minimum atomic E-state index is -0.803. The van der Waals surface area contributed by atoms with Gasteiger partial charge in [-0.1, -0.05) is 24.2 Å². The molecular weight excluding hydrogens is 410 g/mol. The lowest BCUT2D eigenvalue weighted by Crippen LogP contribution is -2.49. The van der Waals surface area contributed by atoms with E-state index in [-0.39, 0.29) is 18.5 Å². The highest BCUT2D eigenvalue weighted by Gasteiger charge is 2.35.